The van der Waals surface area contributed by atoms with Gasteiger partial charge in [0, 0.05) is 5.69 Å². The van der Waals surface area contributed by atoms with Crippen molar-refractivity contribution < 1.29 is 4.79 Å². The Labute approximate surface area is 90.9 Å². The standard InChI is InChI=1S/C12H18N2O/c1-8-5-6-9(2)11(7-8)14-12(15)10(3)13-4/h5-7,10,13H,1-4H3,(H,14,15). The maximum absolute atomic E-state index is 11.6. The molecule has 3 nitrogen and oxygen atoms in total. The van der Waals surface area contributed by atoms with Crippen molar-refractivity contribution in [2.45, 2.75) is 26.8 Å². The van der Waals surface area contributed by atoms with Crippen LogP contribution in [0.4, 0.5) is 5.69 Å². The van der Waals surface area contributed by atoms with Gasteiger partial charge in [-0.25, -0.2) is 0 Å². The van der Waals surface area contributed by atoms with E-state index >= 15 is 0 Å². The number of nitrogens with one attached hydrogen (secondary N) is 2. The van der Waals surface area contributed by atoms with Crippen molar-refractivity contribution in [3.05, 3.63) is 29.3 Å². The third-order valence-electron chi connectivity index (χ3n) is 2.48. The molecule has 0 bridgehead atoms. The molecule has 0 aliphatic carbocycles. The molecule has 0 aromatic heterocycles. The second-order valence-electron chi connectivity index (χ2n) is 3.82. The predicted molar refractivity (Wildman–Crippen MR) is 63.1 cm³/mol. The monoisotopic (exact) mass is 206 g/mol. The molecule has 1 rings (SSSR count). The first kappa shape index (κ1) is 11.7. The molecule has 0 radical (unpaired) electrons. The van der Waals surface area contributed by atoms with Crippen molar-refractivity contribution in [2.75, 3.05) is 12.4 Å². The van der Waals surface area contributed by atoms with Crippen LogP contribution in [0.15, 0.2) is 18.2 Å². The van der Waals surface area contributed by atoms with Gasteiger partial charge >= 0.3 is 0 Å². The highest BCUT2D eigenvalue weighted by molar-refractivity contribution is 5.95. The summed E-state index contributed by atoms with van der Waals surface area (Å²) in [6.45, 7) is 5.83. The molecule has 0 heterocycles. The highest BCUT2D eigenvalue weighted by atomic mass is 16.2. The van der Waals surface area contributed by atoms with Crippen LogP contribution >= 0.6 is 0 Å². The lowest BCUT2D eigenvalue weighted by Gasteiger charge is -2.13. The summed E-state index contributed by atoms with van der Waals surface area (Å²) in [4.78, 5) is 11.6. The minimum absolute atomic E-state index is 0.00815. The molecule has 15 heavy (non-hydrogen) atoms. The molecule has 0 fully saturated rings. The van der Waals surface area contributed by atoms with Gasteiger partial charge in [0.15, 0.2) is 0 Å². The molecule has 0 aliphatic rings. The zero-order valence-corrected chi connectivity index (χ0v) is 9.72. The van der Waals surface area contributed by atoms with Crippen LogP contribution < -0.4 is 10.6 Å². The van der Waals surface area contributed by atoms with Crippen LogP contribution in [0.5, 0.6) is 0 Å². The van der Waals surface area contributed by atoms with Crippen LogP contribution in [0.1, 0.15) is 18.1 Å². The maximum Gasteiger partial charge on any atom is 0.241 e. The Bertz CT molecular complexity index is 361. The predicted octanol–water partition coefficient (Wildman–Crippen LogP) is 1.85. The Morgan fingerprint density at radius 2 is 2.00 bits per heavy atom. The number of anilines is 1. The van der Waals surface area contributed by atoms with E-state index in [1.807, 2.05) is 39.0 Å². The topological polar surface area (TPSA) is 41.1 Å². The number of carbonyl (C=O) groups excluding carboxylic acids is 1. The van der Waals surface area contributed by atoms with Crippen LogP contribution in [0.3, 0.4) is 0 Å². The molecular weight excluding hydrogens is 188 g/mol. The van der Waals surface area contributed by atoms with Gasteiger partial charge in [-0.15, -0.1) is 0 Å². The van der Waals surface area contributed by atoms with Gasteiger partial charge in [-0.2, -0.15) is 0 Å². The summed E-state index contributed by atoms with van der Waals surface area (Å²) in [5, 5.41) is 5.81. The van der Waals surface area contributed by atoms with E-state index in [0.717, 1.165) is 16.8 Å². The average molecular weight is 206 g/mol. The molecule has 1 amide bonds. The number of hydrogen-bond donors (Lipinski definition) is 2. The number of likely N-dealkylation sites (N-methyl/N-ethyl adjacent to an activating group) is 1. The van der Waals surface area contributed by atoms with E-state index in [-0.39, 0.29) is 11.9 Å². The fourth-order valence-corrected chi connectivity index (χ4v) is 1.24. The SMILES string of the molecule is CNC(C)C(=O)Nc1cc(C)ccc1C. The van der Waals surface area contributed by atoms with Crippen molar-refractivity contribution >= 4 is 11.6 Å². The zero-order chi connectivity index (χ0) is 11.4. The smallest absolute Gasteiger partial charge is 0.241 e. The highest BCUT2D eigenvalue weighted by Crippen LogP contribution is 2.16. The van der Waals surface area contributed by atoms with Gasteiger partial charge < -0.3 is 10.6 Å². The van der Waals surface area contributed by atoms with Crippen LogP contribution in [0.25, 0.3) is 0 Å². The zero-order valence-electron chi connectivity index (χ0n) is 9.72. The number of aryl methyl sites for hydroxylation is 2. The lowest BCUT2D eigenvalue weighted by Crippen LogP contribution is -2.35. The van der Waals surface area contributed by atoms with Crippen LogP contribution in [0, 0.1) is 13.8 Å². The van der Waals surface area contributed by atoms with Gasteiger partial charge in [-0.3, -0.25) is 4.79 Å². The molecule has 2 N–H and O–H groups in total. The lowest BCUT2D eigenvalue weighted by molar-refractivity contribution is -0.117. The highest BCUT2D eigenvalue weighted by Gasteiger charge is 2.11. The third kappa shape index (κ3) is 3.06. The summed E-state index contributed by atoms with van der Waals surface area (Å²) < 4.78 is 0. The van der Waals surface area contributed by atoms with E-state index in [9.17, 15) is 4.79 Å². The molecule has 0 spiro atoms. The molecule has 1 aromatic carbocycles. The van der Waals surface area contributed by atoms with Crippen molar-refractivity contribution in [3.8, 4) is 0 Å². The van der Waals surface area contributed by atoms with E-state index in [2.05, 4.69) is 10.6 Å². The van der Waals surface area contributed by atoms with E-state index < -0.39 is 0 Å². The molecular formula is C12H18N2O. The second-order valence-corrected chi connectivity index (χ2v) is 3.82. The summed E-state index contributed by atoms with van der Waals surface area (Å²) in [6.07, 6.45) is 0. The van der Waals surface area contributed by atoms with E-state index in [1.165, 1.54) is 0 Å². The van der Waals surface area contributed by atoms with E-state index in [4.69, 9.17) is 0 Å². The number of benzene rings is 1. The fourth-order valence-electron chi connectivity index (χ4n) is 1.24. The molecule has 82 valence electrons. The summed E-state index contributed by atoms with van der Waals surface area (Å²) in [6, 6.07) is 5.85. The van der Waals surface area contributed by atoms with Gasteiger partial charge in [0.25, 0.3) is 0 Å². The number of amides is 1. The Kier molecular flexibility index (Phi) is 3.86. The van der Waals surface area contributed by atoms with E-state index in [1.54, 1.807) is 7.05 Å². The first-order valence-electron chi connectivity index (χ1n) is 5.10. The van der Waals surface area contributed by atoms with Crippen molar-refractivity contribution in [2.24, 2.45) is 0 Å². The fraction of sp³-hybridized carbons (Fsp3) is 0.417. The van der Waals surface area contributed by atoms with E-state index in [0.29, 0.717) is 0 Å². The summed E-state index contributed by atoms with van der Waals surface area (Å²) in [7, 11) is 1.77. The van der Waals surface area contributed by atoms with Crippen molar-refractivity contribution in [1.29, 1.82) is 0 Å². The van der Waals surface area contributed by atoms with Crippen LogP contribution in [-0.4, -0.2) is 19.0 Å². The van der Waals surface area contributed by atoms with Crippen LogP contribution in [-0.2, 0) is 4.79 Å². The quantitative estimate of drug-likeness (QED) is 0.792. The third-order valence-corrected chi connectivity index (χ3v) is 2.48. The molecule has 3 heteroatoms. The Balaban J connectivity index is 2.80. The van der Waals surface area contributed by atoms with Gasteiger partial charge in [0.1, 0.15) is 0 Å². The van der Waals surface area contributed by atoms with Gasteiger partial charge in [-0.05, 0) is 45.0 Å². The average Bonchev–Trinajstić information content (AvgIpc) is 2.22. The van der Waals surface area contributed by atoms with Gasteiger partial charge in [0.05, 0.1) is 6.04 Å². The Hall–Kier alpha value is -1.35. The molecule has 0 aliphatic heterocycles. The van der Waals surface area contributed by atoms with Gasteiger partial charge in [0.2, 0.25) is 5.91 Å². The normalized spacial score (nSPS) is 12.3. The number of hydrogen-bond acceptors (Lipinski definition) is 2. The molecule has 1 unspecified atom stereocenters. The molecule has 1 aromatic rings. The molecule has 1 atom stereocenters. The van der Waals surface area contributed by atoms with Crippen molar-refractivity contribution in [1.82, 2.24) is 5.32 Å². The molecule has 0 saturated carbocycles. The Morgan fingerprint density at radius 3 is 2.60 bits per heavy atom. The summed E-state index contributed by atoms with van der Waals surface area (Å²) in [5.41, 5.74) is 3.12. The minimum atomic E-state index is -0.176. The largest absolute Gasteiger partial charge is 0.324 e. The number of rotatable bonds is 3. The van der Waals surface area contributed by atoms with Gasteiger partial charge in [-0.1, -0.05) is 12.1 Å². The summed E-state index contributed by atoms with van der Waals surface area (Å²) in [5.74, 6) is -0.00815. The minimum Gasteiger partial charge on any atom is -0.324 e. The first-order chi connectivity index (χ1) is 7.04. The first-order valence-corrected chi connectivity index (χ1v) is 5.10. The second kappa shape index (κ2) is 4.94. The maximum atomic E-state index is 11.6. The Morgan fingerprint density at radius 1 is 1.33 bits per heavy atom. The summed E-state index contributed by atoms with van der Waals surface area (Å²) >= 11 is 0. The molecule has 0 saturated heterocycles. The van der Waals surface area contributed by atoms with Crippen LogP contribution in [0.2, 0.25) is 0 Å². The number of carbonyl (C=O) groups is 1. The lowest BCUT2D eigenvalue weighted by atomic mass is 10.1. The van der Waals surface area contributed by atoms with Crippen molar-refractivity contribution in [3.63, 3.8) is 0 Å².